The molecule has 2 heterocycles. The van der Waals surface area contributed by atoms with Gasteiger partial charge >= 0.3 is 5.97 Å². The molecule has 1 saturated carbocycles. The number of nitrogens with zero attached hydrogens (tertiary/aromatic N) is 2. The second kappa shape index (κ2) is 8.55. The average Bonchev–Trinajstić information content (AvgIpc) is 3.11. The number of rotatable bonds is 4. The summed E-state index contributed by atoms with van der Waals surface area (Å²) in [6.07, 6.45) is 4.45. The van der Waals surface area contributed by atoms with Crippen LogP contribution in [0.2, 0.25) is 0 Å². The smallest absolute Gasteiger partial charge is 0.311 e. The van der Waals surface area contributed by atoms with Crippen molar-refractivity contribution in [2.75, 3.05) is 37.6 Å². The molecule has 2 saturated heterocycles. The first-order valence-electron chi connectivity index (χ1n) is 12.5. The molecule has 6 heteroatoms. The van der Waals surface area contributed by atoms with E-state index < -0.39 is 6.10 Å². The summed E-state index contributed by atoms with van der Waals surface area (Å²) in [4.78, 5) is 29.1. The Hall–Kier alpha value is -2.18. The number of anilines is 1. The summed E-state index contributed by atoms with van der Waals surface area (Å²) in [5.74, 6) is -0.0436. The van der Waals surface area contributed by atoms with Crippen molar-refractivity contribution >= 4 is 17.4 Å². The standard InChI is InChI=1S/C27H36N2O4/c1-17-5-4-6-20-15-23-24(25(31)27(17,20)3)22(26(32)33-23)16-28-11-13-29(14-12-28)21-9-7-19(8-10-21)18(2)30/h6-10,17,22-25,31H,4-5,11-16H2,1-3H3/t17-,22+,23-,24+,25+,27-/m1/s1. The van der Waals surface area contributed by atoms with Gasteiger partial charge in [0.2, 0.25) is 0 Å². The van der Waals surface area contributed by atoms with Crippen molar-refractivity contribution in [2.45, 2.75) is 52.2 Å². The maximum absolute atomic E-state index is 12.9. The number of carbonyl (C=O) groups excluding carboxylic acids is 2. The predicted molar refractivity (Wildman–Crippen MR) is 127 cm³/mol. The van der Waals surface area contributed by atoms with Gasteiger partial charge in [0, 0.05) is 61.7 Å². The van der Waals surface area contributed by atoms with Crippen LogP contribution in [0.1, 0.15) is 50.4 Å². The number of aliphatic hydroxyl groups excluding tert-OH is 1. The number of hydrogen-bond acceptors (Lipinski definition) is 6. The Labute approximate surface area is 196 Å². The van der Waals surface area contributed by atoms with Gasteiger partial charge in [-0.2, -0.15) is 0 Å². The topological polar surface area (TPSA) is 70.1 Å². The predicted octanol–water partition coefficient (Wildman–Crippen LogP) is 3.30. The molecule has 1 N–H and O–H groups in total. The summed E-state index contributed by atoms with van der Waals surface area (Å²) in [6.45, 7) is 10.2. The van der Waals surface area contributed by atoms with Crippen LogP contribution in [0.5, 0.6) is 0 Å². The second-order valence-corrected chi connectivity index (χ2v) is 10.7. The van der Waals surface area contributed by atoms with Crippen LogP contribution in [0.4, 0.5) is 5.69 Å². The zero-order valence-corrected chi connectivity index (χ0v) is 20.0. The maximum atomic E-state index is 12.9. The van der Waals surface area contributed by atoms with Gasteiger partial charge in [-0.05, 0) is 49.9 Å². The lowest BCUT2D eigenvalue weighted by Gasteiger charge is -2.52. The van der Waals surface area contributed by atoms with Crippen LogP contribution >= 0.6 is 0 Å². The highest BCUT2D eigenvalue weighted by Crippen LogP contribution is 2.56. The van der Waals surface area contributed by atoms with Crippen molar-refractivity contribution in [3.8, 4) is 0 Å². The van der Waals surface area contributed by atoms with E-state index in [-0.39, 0.29) is 35.1 Å². The Morgan fingerprint density at radius 3 is 2.55 bits per heavy atom. The minimum Gasteiger partial charge on any atom is -0.461 e. The average molecular weight is 453 g/mol. The molecule has 0 amide bonds. The molecule has 0 spiro atoms. The number of ether oxygens (including phenoxy) is 1. The highest BCUT2D eigenvalue weighted by atomic mass is 16.6. The summed E-state index contributed by atoms with van der Waals surface area (Å²) in [5.41, 5.74) is 2.89. The van der Waals surface area contributed by atoms with Gasteiger partial charge in [-0.3, -0.25) is 14.5 Å². The van der Waals surface area contributed by atoms with E-state index in [0.29, 0.717) is 12.5 Å². The van der Waals surface area contributed by atoms with Gasteiger partial charge in [-0.25, -0.2) is 0 Å². The van der Waals surface area contributed by atoms with E-state index in [2.05, 4.69) is 29.7 Å². The summed E-state index contributed by atoms with van der Waals surface area (Å²) in [7, 11) is 0. The van der Waals surface area contributed by atoms with Crippen molar-refractivity contribution in [3.63, 3.8) is 0 Å². The molecule has 2 aliphatic carbocycles. The molecule has 3 fully saturated rings. The second-order valence-electron chi connectivity index (χ2n) is 10.7. The molecule has 33 heavy (non-hydrogen) atoms. The molecule has 0 bridgehead atoms. The number of fused-ring (bicyclic) bond motifs is 2. The van der Waals surface area contributed by atoms with Gasteiger partial charge in [-0.15, -0.1) is 0 Å². The highest BCUT2D eigenvalue weighted by Gasteiger charge is 2.59. The summed E-state index contributed by atoms with van der Waals surface area (Å²) < 4.78 is 5.84. The zero-order chi connectivity index (χ0) is 23.3. The van der Waals surface area contributed by atoms with E-state index in [9.17, 15) is 14.7 Å². The molecule has 6 nitrogen and oxygen atoms in total. The first kappa shape index (κ1) is 22.6. The number of aliphatic hydroxyl groups is 1. The Kier molecular flexibility index (Phi) is 5.86. The van der Waals surface area contributed by atoms with E-state index in [1.54, 1.807) is 6.92 Å². The third kappa shape index (κ3) is 3.81. The molecule has 6 atom stereocenters. The third-order valence-corrected chi connectivity index (χ3v) is 9.04. The van der Waals surface area contributed by atoms with E-state index in [0.717, 1.165) is 56.7 Å². The lowest BCUT2D eigenvalue weighted by atomic mass is 9.55. The normalized spacial score (nSPS) is 36.6. The minimum atomic E-state index is -0.546. The monoisotopic (exact) mass is 452 g/mol. The SMILES string of the molecule is CC(=O)c1ccc(N2CCN(C[C@@H]3C(=O)O[C@@H]4CC5=CCC[C@@H](C)[C@@]5(C)[C@@H](O)[C@@H]34)CC2)cc1. The maximum Gasteiger partial charge on any atom is 0.311 e. The van der Waals surface area contributed by atoms with E-state index in [1.165, 1.54) is 5.57 Å². The Morgan fingerprint density at radius 2 is 1.88 bits per heavy atom. The first-order chi connectivity index (χ1) is 15.8. The highest BCUT2D eigenvalue weighted by molar-refractivity contribution is 5.94. The van der Waals surface area contributed by atoms with Crippen LogP contribution in [0.25, 0.3) is 0 Å². The van der Waals surface area contributed by atoms with Crippen LogP contribution in [0.3, 0.4) is 0 Å². The molecule has 0 aromatic heterocycles. The molecule has 0 unspecified atom stereocenters. The molecule has 178 valence electrons. The molecule has 1 aromatic rings. The largest absolute Gasteiger partial charge is 0.461 e. The van der Waals surface area contributed by atoms with Crippen LogP contribution < -0.4 is 4.90 Å². The number of carbonyl (C=O) groups is 2. The van der Waals surface area contributed by atoms with Crippen LogP contribution in [-0.2, 0) is 9.53 Å². The fourth-order valence-corrected chi connectivity index (χ4v) is 6.65. The van der Waals surface area contributed by atoms with Crippen LogP contribution in [-0.4, -0.2) is 66.7 Å². The number of Topliss-reactive ketones (excluding diaryl/α,β-unsaturated/α-hetero) is 1. The number of allylic oxidation sites excluding steroid dienone is 1. The Balaban J connectivity index is 1.25. The molecule has 2 aliphatic heterocycles. The molecule has 0 radical (unpaired) electrons. The van der Waals surface area contributed by atoms with Crippen molar-refractivity contribution in [3.05, 3.63) is 41.5 Å². The Bertz CT molecular complexity index is 949. The third-order valence-electron chi connectivity index (χ3n) is 9.04. The van der Waals surface area contributed by atoms with Gasteiger partial charge in [0.05, 0.1) is 12.0 Å². The molecular weight excluding hydrogens is 416 g/mol. The summed E-state index contributed by atoms with van der Waals surface area (Å²) in [5, 5.41) is 11.6. The van der Waals surface area contributed by atoms with Crippen molar-refractivity contribution < 1.29 is 19.4 Å². The number of benzene rings is 1. The Morgan fingerprint density at radius 1 is 1.18 bits per heavy atom. The van der Waals surface area contributed by atoms with E-state index in [4.69, 9.17) is 4.74 Å². The van der Waals surface area contributed by atoms with Crippen molar-refractivity contribution in [2.24, 2.45) is 23.2 Å². The van der Waals surface area contributed by atoms with Gasteiger partial charge in [0.15, 0.2) is 5.78 Å². The van der Waals surface area contributed by atoms with E-state index >= 15 is 0 Å². The van der Waals surface area contributed by atoms with Gasteiger partial charge in [0.25, 0.3) is 0 Å². The van der Waals surface area contributed by atoms with Crippen molar-refractivity contribution in [1.82, 2.24) is 4.90 Å². The minimum absolute atomic E-state index is 0.0807. The first-order valence-corrected chi connectivity index (χ1v) is 12.5. The quantitative estimate of drug-likeness (QED) is 0.430. The number of esters is 1. The lowest BCUT2D eigenvalue weighted by Crippen LogP contribution is -2.55. The van der Waals surface area contributed by atoms with Gasteiger partial charge in [0.1, 0.15) is 6.10 Å². The molecular formula is C27H36N2O4. The fraction of sp³-hybridized carbons (Fsp3) is 0.630. The molecule has 4 aliphatic rings. The van der Waals surface area contributed by atoms with Crippen LogP contribution in [0, 0.1) is 23.2 Å². The van der Waals surface area contributed by atoms with Crippen molar-refractivity contribution in [1.29, 1.82) is 0 Å². The van der Waals surface area contributed by atoms with Gasteiger partial charge in [-0.1, -0.05) is 25.5 Å². The van der Waals surface area contributed by atoms with Gasteiger partial charge < -0.3 is 14.7 Å². The number of hydrogen-bond donors (Lipinski definition) is 1. The fourth-order valence-electron chi connectivity index (χ4n) is 6.65. The van der Waals surface area contributed by atoms with E-state index in [1.807, 2.05) is 24.3 Å². The molecule has 1 aromatic carbocycles. The number of ketones is 1. The zero-order valence-electron chi connectivity index (χ0n) is 20.0. The lowest BCUT2D eigenvalue weighted by molar-refractivity contribution is -0.145. The molecule has 5 rings (SSSR count). The summed E-state index contributed by atoms with van der Waals surface area (Å²) in [6, 6.07) is 7.80. The summed E-state index contributed by atoms with van der Waals surface area (Å²) >= 11 is 0. The van der Waals surface area contributed by atoms with Crippen LogP contribution in [0.15, 0.2) is 35.9 Å². The number of piperazine rings is 1.